The van der Waals surface area contributed by atoms with Crippen LogP contribution in [0.2, 0.25) is 0 Å². The third-order valence-electron chi connectivity index (χ3n) is 3.21. The molecule has 3 N–H and O–H groups in total. The van der Waals surface area contributed by atoms with Crippen molar-refractivity contribution in [2.75, 3.05) is 25.0 Å². The monoisotopic (exact) mass is 329 g/mol. The lowest BCUT2D eigenvalue weighted by Gasteiger charge is -2.09. The van der Waals surface area contributed by atoms with Gasteiger partial charge in [-0.2, -0.15) is 0 Å². The Bertz CT molecular complexity index is 661. The second-order valence-corrected chi connectivity index (χ2v) is 4.98. The zero-order valence-electron chi connectivity index (χ0n) is 13.1. The van der Waals surface area contributed by atoms with Gasteiger partial charge in [0.05, 0.1) is 4.92 Å². The van der Waals surface area contributed by atoms with E-state index in [0.717, 1.165) is 11.4 Å². The molecule has 0 aliphatic carbocycles. The van der Waals surface area contributed by atoms with Gasteiger partial charge in [0.25, 0.3) is 5.69 Å². The van der Waals surface area contributed by atoms with Crippen LogP contribution in [0.15, 0.2) is 48.7 Å². The summed E-state index contributed by atoms with van der Waals surface area (Å²) in [6.45, 7) is 1.47. The number of carbonyl (C=O) groups excluding carboxylic acids is 1. The SMILES string of the molecule is O=C(NCCNc1ccc([N+](=O)[O-])cc1)NCCc1ccccn1. The first-order chi connectivity index (χ1) is 11.6. The van der Waals surface area contributed by atoms with E-state index < -0.39 is 4.92 Å². The smallest absolute Gasteiger partial charge is 0.314 e. The molecule has 8 heteroatoms. The maximum Gasteiger partial charge on any atom is 0.314 e. The van der Waals surface area contributed by atoms with Gasteiger partial charge in [-0.3, -0.25) is 15.1 Å². The highest BCUT2D eigenvalue weighted by atomic mass is 16.6. The van der Waals surface area contributed by atoms with E-state index in [1.54, 1.807) is 18.3 Å². The molecule has 24 heavy (non-hydrogen) atoms. The van der Waals surface area contributed by atoms with Crippen molar-refractivity contribution in [3.63, 3.8) is 0 Å². The number of anilines is 1. The van der Waals surface area contributed by atoms with Gasteiger partial charge in [-0.05, 0) is 24.3 Å². The molecule has 0 saturated heterocycles. The fourth-order valence-electron chi connectivity index (χ4n) is 2.00. The van der Waals surface area contributed by atoms with E-state index in [0.29, 0.717) is 26.1 Å². The molecule has 1 heterocycles. The van der Waals surface area contributed by atoms with Crippen LogP contribution in [-0.4, -0.2) is 35.6 Å². The topological polar surface area (TPSA) is 109 Å². The lowest BCUT2D eigenvalue weighted by molar-refractivity contribution is -0.384. The van der Waals surface area contributed by atoms with Gasteiger partial charge in [-0.15, -0.1) is 0 Å². The van der Waals surface area contributed by atoms with Gasteiger partial charge >= 0.3 is 6.03 Å². The van der Waals surface area contributed by atoms with Gasteiger partial charge in [-0.1, -0.05) is 6.07 Å². The Hall–Kier alpha value is -3.16. The zero-order chi connectivity index (χ0) is 17.2. The van der Waals surface area contributed by atoms with E-state index in [1.807, 2.05) is 18.2 Å². The number of amides is 2. The number of nitro benzene ring substituents is 1. The number of rotatable bonds is 8. The molecule has 1 aromatic carbocycles. The summed E-state index contributed by atoms with van der Waals surface area (Å²) in [5.74, 6) is 0. The molecule has 0 aliphatic rings. The summed E-state index contributed by atoms with van der Waals surface area (Å²) in [6, 6.07) is 11.6. The summed E-state index contributed by atoms with van der Waals surface area (Å²) in [5.41, 5.74) is 1.74. The average Bonchev–Trinajstić information content (AvgIpc) is 2.60. The number of benzene rings is 1. The minimum Gasteiger partial charge on any atom is -0.383 e. The third kappa shape index (κ3) is 5.91. The fourth-order valence-corrected chi connectivity index (χ4v) is 2.00. The minimum atomic E-state index is -0.444. The Morgan fingerprint density at radius 2 is 1.79 bits per heavy atom. The van der Waals surface area contributed by atoms with Gasteiger partial charge in [-0.25, -0.2) is 4.79 Å². The van der Waals surface area contributed by atoms with Crippen LogP contribution in [0.1, 0.15) is 5.69 Å². The molecule has 1 aromatic heterocycles. The number of aromatic nitrogens is 1. The summed E-state index contributed by atoms with van der Waals surface area (Å²) >= 11 is 0. The Morgan fingerprint density at radius 1 is 1.04 bits per heavy atom. The number of hydrogen-bond acceptors (Lipinski definition) is 5. The lowest BCUT2D eigenvalue weighted by atomic mass is 10.3. The number of pyridine rings is 1. The Balaban J connectivity index is 1.58. The summed E-state index contributed by atoms with van der Waals surface area (Å²) in [4.78, 5) is 25.9. The number of nitrogens with one attached hydrogen (secondary N) is 3. The van der Waals surface area contributed by atoms with Crippen LogP contribution in [0.25, 0.3) is 0 Å². The Kier molecular flexibility index (Phi) is 6.51. The van der Waals surface area contributed by atoms with Crippen molar-refractivity contribution in [3.05, 3.63) is 64.5 Å². The van der Waals surface area contributed by atoms with Crippen molar-refractivity contribution < 1.29 is 9.72 Å². The zero-order valence-corrected chi connectivity index (χ0v) is 13.1. The van der Waals surface area contributed by atoms with Crippen molar-refractivity contribution in [2.45, 2.75) is 6.42 Å². The molecular formula is C16H19N5O3. The summed E-state index contributed by atoms with van der Waals surface area (Å²) in [7, 11) is 0. The number of nitrogens with zero attached hydrogens (tertiary/aromatic N) is 2. The van der Waals surface area contributed by atoms with Crippen molar-refractivity contribution in [3.8, 4) is 0 Å². The van der Waals surface area contributed by atoms with Gasteiger partial charge in [0.2, 0.25) is 0 Å². The third-order valence-corrected chi connectivity index (χ3v) is 3.21. The standard InChI is InChI=1S/C16H19N5O3/c22-16(19-10-8-13-3-1-2-9-17-13)20-12-11-18-14-4-6-15(7-5-14)21(23)24/h1-7,9,18H,8,10-12H2,(H2,19,20,22). The van der Waals surface area contributed by atoms with Crippen molar-refractivity contribution in [2.24, 2.45) is 0 Å². The van der Waals surface area contributed by atoms with Crippen LogP contribution >= 0.6 is 0 Å². The highest BCUT2D eigenvalue weighted by Crippen LogP contribution is 2.14. The quantitative estimate of drug-likeness (QED) is 0.389. The molecule has 2 rings (SSSR count). The molecule has 126 valence electrons. The van der Waals surface area contributed by atoms with E-state index in [4.69, 9.17) is 0 Å². The molecule has 0 fully saturated rings. The van der Waals surface area contributed by atoms with Crippen LogP contribution in [0.4, 0.5) is 16.2 Å². The van der Waals surface area contributed by atoms with E-state index >= 15 is 0 Å². The van der Waals surface area contributed by atoms with Crippen LogP contribution in [0.5, 0.6) is 0 Å². The number of hydrogen-bond donors (Lipinski definition) is 3. The summed E-state index contributed by atoms with van der Waals surface area (Å²) in [5, 5.41) is 19.1. The van der Waals surface area contributed by atoms with Crippen LogP contribution in [0.3, 0.4) is 0 Å². The molecule has 0 bridgehead atoms. The fraction of sp³-hybridized carbons (Fsp3) is 0.250. The highest BCUT2D eigenvalue weighted by Gasteiger charge is 2.03. The van der Waals surface area contributed by atoms with Crippen LogP contribution in [-0.2, 0) is 6.42 Å². The first-order valence-corrected chi connectivity index (χ1v) is 7.55. The predicted molar refractivity (Wildman–Crippen MR) is 90.9 cm³/mol. The molecule has 2 amide bonds. The van der Waals surface area contributed by atoms with Gasteiger partial charge in [0.15, 0.2) is 0 Å². The van der Waals surface area contributed by atoms with Crippen molar-refractivity contribution >= 4 is 17.4 Å². The molecular weight excluding hydrogens is 310 g/mol. The second kappa shape index (κ2) is 9.09. The van der Waals surface area contributed by atoms with Crippen LogP contribution in [0, 0.1) is 10.1 Å². The second-order valence-electron chi connectivity index (χ2n) is 4.98. The lowest BCUT2D eigenvalue weighted by Crippen LogP contribution is -2.38. The molecule has 0 saturated carbocycles. The number of carbonyl (C=O) groups is 1. The molecule has 0 unspecified atom stereocenters. The Labute approximate surface area is 139 Å². The molecule has 8 nitrogen and oxygen atoms in total. The first-order valence-electron chi connectivity index (χ1n) is 7.55. The molecule has 2 aromatic rings. The van der Waals surface area contributed by atoms with E-state index in [1.165, 1.54) is 12.1 Å². The Morgan fingerprint density at radius 3 is 2.46 bits per heavy atom. The molecule has 0 aliphatic heterocycles. The van der Waals surface area contributed by atoms with E-state index in [9.17, 15) is 14.9 Å². The number of nitro groups is 1. The van der Waals surface area contributed by atoms with Gasteiger partial charge < -0.3 is 16.0 Å². The van der Waals surface area contributed by atoms with Crippen molar-refractivity contribution in [1.29, 1.82) is 0 Å². The highest BCUT2D eigenvalue weighted by molar-refractivity contribution is 5.73. The molecule has 0 radical (unpaired) electrons. The number of non-ortho nitro benzene ring substituents is 1. The van der Waals surface area contributed by atoms with Crippen molar-refractivity contribution in [1.82, 2.24) is 15.6 Å². The average molecular weight is 329 g/mol. The molecule has 0 spiro atoms. The van der Waals surface area contributed by atoms with E-state index in [-0.39, 0.29) is 11.7 Å². The van der Waals surface area contributed by atoms with E-state index in [2.05, 4.69) is 20.9 Å². The normalized spacial score (nSPS) is 10.0. The maximum absolute atomic E-state index is 11.6. The summed E-state index contributed by atoms with van der Waals surface area (Å²) in [6.07, 6.45) is 2.40. The van der Waals surface area contributed by atoms with Gasteiger partial charge in [0.1, 0.15) is 0 Å². The maximum atomic E-state index is 11.6. The minimum absolute atomic E-state index is 0.0472. The first kappa shape index (κ1) is 17.2. The largest absolute Gasteiger partial charge is 0.383 e. The van der Waals surface area contributed by atoms with Crippen LogP contribution < -0.4 is 16.0 Å². The molecule has 0 atom stereocenters. The predicted octanol–water partition coefficient (Wildman–Crippen LogP) is 1.94. The summed E-state index contributed by atoms with van der Waals surface area (Å²) < 4.78 is 0. The number of urea groups is 1. The van der Waals surface area contributed by atoms with Gasteiger partial charge in [0, 0.05) is 55.8 Å².